The van der Waals surface area contributed by atoms with Gasteiger partial charge in [-0.3, -0.25) is 4.79 Å². The molecule has 1 amide bonds. The molecule has 1 saturated heterocycles. The topological polar surface area (TPSA) is 55.8 Å². The van der Waals surface area contributed by atoms with Gasteiger partial charge in [-0.1, -0.05) is 19.1 Å². The molecule has 0 atom stereocenters. The summed E-state index contributed by atoms with van der Waals surface area (Å²) >= 11 is 0. The molecule has 0 saturated carbocycles. The highest BCUT2D eigenvalue weighted by Crippen LogP contribution is 2.18. The van der Waals surface area contributed by atoms with Gasteiger partial charge in [-0.15, -0.1) is 0 Å². The number of carbonyl (C=O) groups excluding carboxylic acids is 1. The molecule has 0 aromatic heterocycles. The molecule has 1 aliphatic heterocycles. The average Bonchev–Trinajstić information content (AvgIpc) is 2.68. The summed E-state index contributed by atoms with van der Waals surface area (Å²) in [5.74, 6) is -0.141. The van der Waals surface area contributed by atoms with Crippen LogP contribution < -0.4 is 10.2 Å². The van der Waals surface area contributed by atoms with Gasteiger partial charge in [-0.05, 0) is 48.5 Å². The fraction of sp³-hybridized carbons (Fsp3) is 0.350. The third kappa shape index (κ3) is 4.38. The fourth-order valence-corrected chi connectivity index (χ4v) is 3.10. The van der Waals surface area contributed by atoms with Crippen LogP contribution in [0.2, 0.25) is 0 Å². The molecule has 1 heterocycles. The number of hydrogen-bond acceptors (Lipinski definition) is 4. The molecule has 2 aromatic carbocycles. The van der Waals surface area contributed by atoms with Crippen molar-refractivity contribution in [3.05, 3.63) is 59.7 Å². The zero-order valence-corrected chi connectivity index (χ0v) is 14.6. The molecular weight excluding hydrogens is 314 g/mol. The largest absolute Gasteiger partial charge is 0.392 e. The molecule has 1 fully saturated rings. The fourth-order valence-electron chi connectivity index (χ4n) is 3.10. The summed E-state index contributed by atoms with van der Waals surface area (Å²) in [4.78, 5) is 17.2. The summed E-state index contributed by atoms with van der Waals surface area (Å²) in [6.07, 6.45) is 0. The first-order valence-corrected chi connectivity index (χ1v) is 8.78. The van der Waals surface area contributed by atoms with E-state index in [4.69, 9.17) is 0 Å². The van der Waals surface area contributed by atoms with E-state index in [1.807, 2.05) is 42.5 Å². The zero-order chi connectivity index (χ0) is 17.6. The smallest absolute Gasteiger partial charge is 0.255 e. The summed E-state index contributed by atoms with van der Waals surface area (Å²) in [5, 5.41) is 12.1. The predicted octanol–water partition coefficient (Wildman–Crippen LogP) is 2.57. The molecule has 2 aromatic rings. The van der Waals surface area contributed by atoms with Gasteiger partial charge in [-0.2, -0.15) is 0 Å². The highest BCUT2D eigenvalue weighted by molar-refractivity contribution is 6.04. The minimum Gasteiger partial charge on any atom is -0.392 e. The first-order valence-electron chi connectivity index (χ1n) is 8.78. The second kappa shape index (κ2) is 8.14. The lowest BCUT2D eigenvalue weighted by atomic mass is 10.1. The van der Waals surface area contributed by atoms with E-state index >= 15 is 0 Å². The highest BCUT2D eigenvalue weighted by Gasteiger charge is 2.16. The number of hydrogen-bond donors (Lipinski definition) is 2. The molecule has 25 heavy (non-hydrogen) atoms. The number of aliphatic hydroxyl groups excluding tert-OH is 1. The zero-order valence-electron chi connectivity index (χ0n) is 14.6. The molecule has 5 heteroatoms. The van der Waals surface area contributed by atoms with Crippen LogP contribution in [0.5, 0.6) is 0 Å². The van der Waals surface area contributed by atoms with Gasteiger partial charge in [0.15, 0.2) is 0 Å². The van der Waals surface area contributed by atoms with E-state index in [9.17, 15) is 9.90 Å². The van der Waals surface area contributed by atoms with Crippen LogP contribution in [0, 0.1) is 0 Å². The summed E-state index contributed by atoms with van der Waals surface area (Å²) in [6.45, 7) is 7.47. The number of likely N-dealkylation sites (N-methyl/N-ethyl adjacent to an activating group) is 1. The Kier molecular flexibility index (Phi) is 5.68. The Morgan fingerprint density at radius 3 is 2.44 bits per heavy atom. The number of aliphatic hydroxyl groups is 1. The number of nitrogens with zero attached hydrogens (tertiary/aromatic N) is 2. The maximum atomic E-state index is 12.4. The standard InChI is InChI=1S/C20H25N3O2/c1-2-22-10-12-23(13-11-22)19-8-6-17(7-9-19)20(25)21-18-5-3-4-16(14-18)15-24/h3-9,14,24H,2,10-13,15H2,1H3,(H,21,25). The quantitative estimate of drug-likeness (QED) is 0.879. The monoisotopic (exact) mass is 339 g/mol. The van der Waals surface area contributed by atoms with Crippen molar-refractivity contribution in [1.29, 1.82) is 0 Å². The lowest BCUT2D eigenvalue weighted by Crippen LogP contribution is -2.46. The number of benzene rings is 2. The van der Waals surface area contributed by atoms with Gasteiger partial charge in [0.25, 0.3) is 5.91 Å². The van der Waals surface area contributed by atoms with Crippen molar-refractivity contribution in [2.45, 2.75) is 13.5 Å². The number of amides is 1. The van der Waals surface area contributed by atoms with E-state index in [1.165, 1.54) is 0 Å². The molecule has 0 spiro atoms. The number of nitrogens with one attached hydrogen (secondary N) is 1. The van der Waals surface area contributed by atoms with Gasteiger partial charge >= 0.3 is 0 Å². The van der Waals surface area contributed by atoms with Crippen molar-refractivity contribution < 1.29 is 9.90 Å². The van der Waals surface area contributed by atoms with Crippen LogP contribution in [0.15, 0.2) is 48.5 Å². The van der Waals surface area contributed by atoms with Crippen LogP contribution in [-0.4, -0.2) is 48.6 Å². The second-order valence-corrected chi connectivity index (χ2v) is 6.28. The van der Waals surface area contributed by atoms with Gasteiger partial charge in [0.05, 0.1) is 6.61 Å². The maximum absolute atomic E-state index is 12.4. The van der Waals surface area contributed by atoms with Crippen molar-refractivity contribution in [3.8, 4) is 0 Å². The van der Waals surface area contributed by atoms with Crippen molar-refractivity contribution in [2.24, 2.45) is 0 Å². The molecule has 3 rings (SSSR count). The van der Waals surface area contributed by atoms with Crippen LogP contribution in [0.4, 0.5) is 11.4 Å². The minimum atomic E-state index is -0.141. The van der Waals surface area contributed by atoms with Crippen molar-refractivity contribution >= 4 is 17.3 Å². The molecule has 0 aliphatic carbocycles. The van der Waals surface area contributed by atoms with Crippen molar-refractivity contribution in [3.63, 3.8) is 0 Å². The van der Waals surface area contributed by atoms with Crippen LogP contribution in [0.3, 0.4) is 0 Å². The summed E-state index contributed by atoms with van der Waals surface area (Å²) in [7, 11) is 0. The normalized spacial score (nSPS) is 15.2. The number of rotatable bonds is 5. The molecule has 0 bridgehead atoms. The molecule has 2 N–H and O–H groups in total. The van der Waals surface area contributed by atoms with Gasteiger partial charge in [-0.25, -0.2) is 0 Å². The van der Waals surface area contributed by atoms with Crippen LogP contribution >= 0.6 is 0 Å². The maximum Gasteiger partial charge on any atom is 0.255 e. The van der Waals surface area contributed by atoms with E-state index in [2.05, 4.69) is 22.0 Å². The Bertz CT molecular complexity index is 707. The molecule has 5 nitrogen and oxygen atoms in total. The van der Waals surface area contributed by atoms with Crippen LogP contribution in [0.1, 0.15) is 22.8 Å². The van der Waals surface area contributed by atoms with E-state index in [-0.39, 0.29) is 12.5 Å². The number of anilines is 2. The Hall–Kier alpha value is -2.37. The van der Waals surface area contributed by atoms with Gasteiger partial charge < -0.3 is 20.2 Å². The van der Waals surface area contributed by atoms with Crippen LogP contribution in [0.25, 0.3) is 0 Å². The first kappa shape index (κ1) is 17.5. The highest BCUT2D eigenvalue weighted by atomic mass is 16.3. The van der Waals surface area contributed by atoms with Gasteiger partial charge in [0.2, 0.25) is 0 Å². The minimum absolute atomic E-state index is 0.0380. The summed E-state index contributed by atoms with van der Waals surface area (Å²) in [6, 6.07) is 15.0. The van der Waals surface area contributed by atoms with Crippen molar-refractivity contribution in [1.82, 2.24) is 4.90 Å². The Labute approximate surface area is 148 Å². The molecule has 0 unspecified atom stereocenters. The van der Waals surface area contributed by atoms with E-state index in [0.717, 1.165) is 44.0 Å². The third-order valence-corrected chi connectivity index (χ3v) is 4.68. The second-order valence-electron chi connectivity index (χ2n) is 6.28. The third-order valence-electron chi connectivity index (χ3n) is 4.68. The van der Waals surface area contributed by atoms with Gasteiger partial charge in [0.1, 0.15) is 0 Å². The number of carbonyl (C=O) groups is 1. The van der Waals surface area contributed by atoms with Gasteiger partial charge in [0, 0.05) is 43.1 Å². The van der Waals surface area contributed by atoms with E-state index < -0.39 is 0 Å². The predicted molar refractivity (Wildman–Crippen MR) is 101 cm³/mol. The molecule has 0 radical (unpaired) electrons. The Morgan fingerprint density at radius 1 is 1.08 bits per heavy atom. The first-order chi connectivity index (χ1) is 12.2. The lowest BCUT2D eigenvalue weighted by Gasteiger charge is -2.35. The lowest BCUT2D eigenvalue weighted by molar-refractivity contribution is 0.102. The average molecular weight is 339 g/mol. The van der Waals surface area contributed by atoms with E-state index in [0.29, 0.717) is 11.3 Å². The van der Waals surface area contributed by atoms with Crippen molar-refractivity contribution in [2.75, 3.05) is 42.9 Å². The summed E-state index contributed by atoms with van der Waals surface area (Å²) < 4.78 is 0. The molecular formula is C20H25N3O2. The SMILES string of the molecule is CCN1CCN(c2ccc(C(=O)Nc3cccc(CO)c3)cc2)CC1. The van der Waals surface area contributed by atoms with E-state index in [1.54, 1.807) is 6.07 Å². The summed E-state index contributed by atoms with van der Waals surface area (Å²) in [5.41, 5.74) is 3.26. The number of piperazine rings is 1. The molecule has 1 aliphatic rings. The Morgan fingerprint density at radius 2 is 1.80 bits per heavy atom. The molecule has 132 valence electrons. The Balaban J connectivity index is 1.62. The van der Waals surface area contributed by atoms with Crippen LogP contribution in [-0.2, 0) is 6.61 Å².